The zero-order chi connectivity index (χ0) is 18.6. The van der Waals surface area contributed by atoms with Gasteiger partial charge in [-0.1, -0.05) is 11.6 Å². The minimum absolute atomic E-state index is 0.104. The van der Waals surface area contributed by atoms with Crippen LogP contribution in [0.4, 0.5) is 5.82 Å². The lowest BCUT2D eigenvalue weighted by molar-refractivity contribution is 0.0948. The Kier molecular flexibility index (Phi) is 5.90. The van der Waals surface area contributed by atoms with Crippen LogP contribution in [0.2, 0.25) is 0 Å². The standard InChI is InChI=1S/C18H26N4O3S/c1-13-20-16(18(23)19-9-7-14-5-3-2-4-6-14)11-17(21-13)22-15-8-10-26(24,25)12-15/h5,11,15H,2-4,6-10,12H2,1H3,(H,19,23)(H,20,21,22). The molecular weight excluding hydrogens is 352 g/mol. The van der Waals surface area contributed by atoms with Gasteiger partial charge in [0.15, 0.2) is 9.84 Å². The average Bonchev–Trinajstić information content (AvgIpc) is 2.93. The van der Waals surface area contributed by atoms with E-state index in [1.165, 1.54) is 18.4 Å². The molecule has 8 heteroatoms. The third-order valence-electron chi connectivity index (χ3n) is 4.77. The highest BCUT2D eigenvalue weighted by Crippen LogP contribution is 2.20. The molecule has 3 rings (SSSR count). The summed E-state index contributed by atoms with van der Waals surface area (Å²) in [5, 5.41) is 6.03. The van der Waals surface area contributed by atoms with E-state index in [0.717, 1.165) is 19.3 Å². The fourth-order valence-electron chi connectivity index (χ4n) is 3.43. The van der Waals surface area contributed by atoms with Gasteiger partial charge in [0.25, 0.3) is 5.91 Å². The van der Waals surface area contributed by atoms with E-state index in [1.54, 1.807) is 13.0 Å². The summed E-state index contributed by atoms with van der Waals surface area (Å²) in [6.07, 6.45) is 8.47. The topological polar surface area (TPSA) is 101 Å². The molecular formula is C18H26N4O3S. The summed E-state index contributed by atoms with van der Waals surface area (Å²) in [6, 6.07) is 1.43. The van der Waals surface area contributed by atoms with Crippen LogP contribution >= 0.6 is 0 Å². The number of carbonyl (C=O) groups excluding carboxylic acids is 1. The van der Waals surface area contributed by atoms with E-state index in [1.807, 2.05) is 0 Å². The van der Waals surface area contributed by atoms with Crippen LogP contribution < -0.4 is 10.6 Å². The molecule has 0 bridgehead atoms. The summed E-state index contributed by atoms with van der Waals surface area (Å²) in [6.45, 7) is 2.32. The molecule has 2 aliphatic rings. The minimum atomic E-state index is -2.97. The predicted octanol–water partition coefficient (Wildman–Crippen LogP) is 2.00. The normalized spacial score (nSPS) is 21.9. The van der Waals surface area contributed by atoms with Crippen molar-refractivity contribution in [2.24, 2.45) is 0 Å². The number of nitrogens with zero attached hydrogens (tertiary/aromatic N) is 2. The second-order valence-corrected chi connectivity index (χ2v) is 9.27. The van der Waals surface area contributed by atoms with Gasteiger partial charge in [-0.25, -0.2) is 18.4 Å². The van der Waals surface area contributed by atoms with Gasteiger partial charge in [-0.05, 0) is 45.4 Å². The van der Waals surface area contributed by atoms with Gasteiger partial charge in [-0.3, -0.25) is 4.79 Å². The van der Waals surface area contributed by atoms with Crippen LogP contribution in [0.1, 0.15) is 54.8 Å². The maximum atomic E-state index is 12.4. The van der Waals surface area contributed by atoms with Crippen molar-refractivity contribution in [2.75, 3.05) is 23.4 Å². The summed E-state index contributed by atoms with van der Waals surface area (Å²) in [4.78, 5) is 20.9. The van der Waals surface area contributed by atoms with Gasteiger partial charge in [0.2, 0.25) is 0 Å². The first-order chi connectivity index (χ1) is 12.4. The average molecular weight is 378 g/mol. The minimum Gasteiger partial charge on any atom is -0.366 e. The number of hydrogen-bond donors (Lipinski definition) is 2. The summed E-state index contributed by atoms with van der Waals surface area (Å²) < 4.78 is 23.2. The first kappa shape index (κ1) is 18.8. The lowest BCUT2D eigenvalue weighted by Gasteiger charge is -2.14. The molecule has 1 saturated heterocycles. The molecule has 1 atom stereocenters. The number of allylic oxidation sites excluding steroid dienone is 1. The van der Waals surface area contributed by atoms with E-state index in [0.29, 0.717) is 30.3 Å². The number of sulfone groups is 1. The summed E-state index contributed by atoms with van der Waals surface area (Å²) in [5.74, 6) is 1.05. The molecule has 26 heavy (non-hydrogen) atoms. The quantitative estimate of drug-likeness (QED) is 0.734. The van der Waals surface area contributed by atoms with E-state index < -0.39 is 9.84 Å². The Morgan fingerprint density at radius 1 is 1.31 bits per heavy atom. The Hall–Kier alpha value is -1.96. The number of nitrogens with one attached hydrogen (secondary N) is 2. The molecule has 0 spiro atoms. The third-order valence-corrected chi connectivity index (χ3v) is 6.54. The number of hydrogen-bond acceptors (Lipinski definition) is 6. The van der Waals surface area contributed by atoms with Crippen molar-refractivity contribution in [1.29, 1.82) is 0 Å². The monoisotopic (exact) mass is 378 g/mol. The maximum Gasteiger partial charge on any atom is 0.270 e. The molecule has 0 saturated carbocycles. The molecule has 2 N–H and O–H groups in total. The number of aromatic nitrogens is 2. The number of anilines is 1. The Labute approximate surface area is 154 Å². The van der Waals surface area contributed by atoms with Crippen LogP contribution in [0.3, 0.4) is 0 Å². The molecule has 1 aliphatic heterocycles. The largest absolute Gasteiger partial charge is 0.366 e. The van der Waals surface area contributed by atoms with Crippen molar-refractivity contribution in [3.8, 4) is 0 Å². The van der Waals surface area contributed by atoms with Crippen LogP contribution in [0.5, 0.6) is 0 Å². The predicted molar refractivity (Wildman–Crippen MR) is 101 cm³/mol. The fraction of sp³-hybridized carbons (Fsp3) is 0.611. The van der Waals surface area contributed by atoms with Gasteiger partial charge in [0.1, 0.15) is 17.3 Å². The second kappa shape index (κ2) is 8.16. The van der Waals surface area contributed by atoms with E-state index in [4.69, 9.17) is 0 Å². The van der Waals surface area contributed by atoms with Crippen molar-refractivity contribution in [3.05, 3.63) is 29.2 Å². The molecule has 1 fully saturated rings. The molecule has 1 aromatic rings. The highest BCUT2D eigenvalue weighted by Gasteiger charge is 2.28. The second-order valence-electron chi connectivity index (χ2n) is 7.04. The van der Waals surface area contributed by atoms with E-state index in [2.05, 4.69) is 26.7 Å². The SMILES string of the molecule is Cc1nc(NC2CCS(=O)(=O)C2)cc(C(=O)NCCC2=CCCCC2)n1. The Balaban J connectivity index is 1.57. The zero-order valence-corrected chi connectivity index (χ0v) is 15.9. The maximum absolute atomic E-state index is 12.4. The van der Waals surface area contributed by atoms with Crippen molar-refractivity contribution < 1.29 is 13.2 Å². The first-order valence-corrected chi connectivity index (χ1v) is 11.0. The van der Waals surface area contributed by atoms with Crippen LogP contribution in [-0.4, -0.2) is 48.4 Å². The summed E-state index contributed by atoms with van der Waals surface area (Å²) >= 11 is 0. The molecule has 0 aromatic carbocycles. The number of aryl methyl sites for hydroxylation is 1. The fourth-order valence-corrected chi connectivity index (χ4v) is 5.11. The van der Waals surface area contributed by atoms with E-state index in [-0.39, 0.29) is 23.5 Å². The molecule has 7 nitrogen and oxygen atoms in total. The lowest BCUT2D eigenvalue weighted by Crippen LogP contribution is -2.27. The van der Waals surface area contributed by atoms with Gasteiger partial charge < -0.3 is 10.6 Å². The third kappa shape index (κ3) is 5.27. The van der Waals surface area contributed by atoms with Crippen LogP contribution in [-0.2, 0) is 9.84 Å². The van der Waals surface area contributed by atoms with Gasteiger partial charge in [0, 0.05) is 18.7 Å². The van der Waals surface area contributed by atoms with Gasteiger partial charge in [0.05, 0.1) is 11.5 Å². The van der Waals surface area contributed by atoms with Crippen molar-refractivity contribution in [2.45, 2.75) is 51.5 Å². The lowest BCUT2D eigenvalue weighted by atomic mass is 9.97. The van der Waals surface area contributed by atoms with E-state index in [9.17, 15) is 13.2 Å². The Morgan fingerprint density at radius 3 is 2.85 bits per heavy atom. The number of carbonyl (C=O) groups is 1. The van der Waals surface area contributed by atoms with Gasteiger partial charge >= 0.3 is 0 Å². The number of amides is 1. The van der Waals surface area contributed by atoms with Gasteiger partial charge in [-0.15, -0.1) is 0 Å². The molecule has 2 heterocycles. The summed E-state index contributed by atoms with van der Waals surface area (Å²) in [7, 11) is -2.97. The first-order valence-electron chi connectivity index (χ1n) is 9.20. The summed E-state index contributed by atoms with van der Waals surface area (Å²) in [5.41, 5.74) is 1.72. The zero-order valence-electron chi connectivity index (χ0n) is 15.1. The molecule has 1 unspecified atom stereocenters. The smallest absolute Gasteiger partial charge is 0.270 e. The molecule has 1 aliphatic carbocycles. The van der Waals surface area contributed by atoms with Crippen molar-refractivity contribution in [1.82, 2.24) is 15.3 Å². The number of rotatable bonds is 6. The molecule has 1 aromatic heterocycles. The van der Waals surface area contributed by atoms with Crippen LogP contribution in [0.15, 0.2) is 17.7 Å². The molecule has 142 valence electrons. The Morgan fingerprint density at radius 2 is 2.15 bits per heavy atom. The molecule has 1 amide bonds. The molecule has 0 radical (unpaired) electrons. The highest BCUT2D eigenvalue weighted by molar-refractivity contribution is 7.91. The van der Waals surface area contributed by atoms with Crippen LogP contribution in [0, 0.1) is 6.92 Å². The van der Waals surface area contributed by atoms with E-state index >= 15 is 0 Å². The van der Waals surface area contributed by atoms with Crippen molar-refractivity contribution >= 4 is 21.6 Å². The Bertz CT molecular complexity index is 805. The highest BCUT2D eigenvalue weighted by atomic mass is 32.2. The van der Waals surface area contributed by atoms with Crippen molar-refractivity contribution in [3.63, 3.8) is 0 Å². The van der Waals surface area contributed by atoms with Crippen LogP contribution in [0.25, 0.3) is 0 Å². The van der Waals surface area contributed by atoms with Gasteiger partial charge in [-0.2, -0.15) is 0 Å².